The Morgan fingerprint density at radius 3 is 2.53 bits per heavy atom. The van der Waals surface area contributed by atoms with Crippen molar-refractivity contribution in [1.29, 1.82) is 0 Å². The molecule has 174 valence electrons. The third kappa shape index (κ3) is 4.10. The Balaban J connectivity index is 1.41. The van der Waals surface area contributed by atoms with Gasteiger partial charge in [-0.1, -0.05) is 50.3 Å². The smallest absolute Gasteiger partial charge is 0.174 e. The summed E-state index contributed by atoms with van der Waals surface area (Å²) in [5.41, 5.74) is 5.37. The van der Waals surface area contributed by atoms with Gasteiger partial charge in [0.15, 0.2) is 11.6 Å². The molecule has 4 aromatic rings. The lowest BCUT2D eigenvalue weighted by Gasteiger charge is -2.32. The second kappa shape index (κ2) is 8.69. The third-order valence-corrected chi connectivity index (χ3v) is 6.66. The van der Waals surface area contributed by atoms with Gasteiger partial charge in [0.1, 0.15) is 5.60 Å². The van der Waals surface area contributed by atoms with Gasteiger partial charge in [0.05, 0.1) is 12.0 Å². The number of rotatable bonds is 5. The molecule has 0 unspecified atom stereocenters. The van der Waals surface area contributed by atoms with Crippen LogP contribution < -0.4 is 0 Å². The van der Waals surface area contributed by atoms with Crippen molar-refractivity contribution in [1.82, 2.24) is 24.3 Å². The number of nitrogens with zero attached hydrogens (tertiary/aromatic N) is 5. The van der Waals surface area contributed by atoms with E-state index in [2.05, 4.69) is 61.2 Å². The molecule has 0 fully saturated rings. The van der Waals surface area contributed by atoms with E-state index in [4.69, 9.17) is 4.98 Å². The minimum atomic E-state index is -1.12. The summed E-state index contributed by atoms with van der Waals surface area (Å²) >= 11 is 0. The molecule has 6 nitrogen and oxygen atoms in total. The predicted octanol–water partition coefficient (Wildman–Crippen LogP) is 5.40. The summed E-state index contributed by atoms with van der Waals surface area (Å²) in [5, 5.41) is 16.3. The summed E-state index contributed by atoms with van der Waals surface area (Å²) in [7, 11) is 0. The summed E-state index contributed by atoms with van der Waals surface area (Å²) in [5.74, 6) is 1.69. The molecule has 2 aromatic heterocycles. The molecule has 2 aromatic carbocycles. The highest BCUT2D eigenvalue weighted by molar-refractivity contribution is 5.68. The fourth-order valence-corrected chi connectivity index (χ4v) is 4.70. The zero-order valence-electron chi connectivity index (χ0n) is 20.2. The van der Waals surface area contributed by atoms with Crippen LogP contribution in [0.3, 0.4) is 0 Å². The van der Waals surface area contributed by atoms with E-state index in [0.29, 0.717) is 24.0 Å². The standard InChI is InChI=1S/C28H31N5O/c1-19(2)23-8-10-24(11-9-23)28(34)14-5-15-33-27(28)30-26(31-33)13-7-22-6-12-25(20(3)16-22)32-17-21(4)29-18-32/h6-13,16-19,34H,5,14-15H2,1-4H3/b13-7+/t28-/m0/s1. The lowest BCUT2D eigenvalue weighted by Crippen LogP contribution is -2.35. The Labute approximate surface area is 200 Å². The van der Waals surface area contributed by atoms with Gasteiger partial charge >= 0.3 is 0 Å². The van der Waals surface area contributed by atoms with Gasteiger partial charge in [-0.2, -0.15) is 5.10 Å². The van der Waals surface area contributed by atoms with Gasteiger partial charge < -0.3 is 9.67 Å². The van der Waals surface area contributed by atoms with Crippen molar-refractivity contribution >= 4 is 12.2 Å². The number of hydrogen-bond acceptors (Lipinski definition) is 4. The molecule has 1 aliphatic rings. The van der Waals surface area contributed by atoms with Crippen molar-refractivity contribution in [2.24, 2.45) is 0 Å². The minimum Gasteiger partial charge on any atom is -0.377 e. The molecule has 3 heterocycles. The third-order valence-electron chi connectivity index (χ3n) is 6.66. The number of fused-ring (bicyclic) bond motifs is 1. The molecular formula is C28H31N5O. The van der Waals surface area contributed by atoms with Gasteiger partial charge in [-0.05, 0) is 73.1 Å². The quantitative estimate of drug-likeness (QED) is 0.439. The van der Waals surface area contributed by atoms with Crippen molar-refractivity contribution in [2.75, 3.05) is 0 Å². The molecule has 0 saturated carbocycles. The van der Waals surface area contributed by atoms with E-state index in [-0.39, 0.29) is 0 Å². The molecule has 0 spiro atoms. The van der Waals surface area contributed by atoms with Crippen LogP contribution in [-0.4, -0.2) is 29.4 Å². The highest BCUT2D eigenvalue weighted by Gasteiger charge is 2.39. The molecular weight excluding hydrogens is 422 g/mol. The maximum absolute atomic E-state index is 11.6. The van der Waals surface area contributed by atoms with Gasteiger partial charge in [0, 0.05) is 18.4 Å². The minimum absolute atomic E-state index is 0.456. The summed E-state index contributed by atoms with van der Waals surface area (Å²) in [6, 6.07) is 14.6. The predicted molar refractivity (Wildman–Crippen MR) is 135 cm³/mol. The second-order valence-electron chi connectivity index (χ2n) is 9.56. The monoisotopic (exact) mass is 453 g/mol. The van der Waals surface area contributed by atoms with E-state index in [1.54, 1.807) is 0 Å². The molecule has 34 heavy (non-hydrogen) atoms. The molecule has 5 rings (SSSR count). The first-order valence-corrected chi connectivity index (χ1v) is 11.9. The van der Waals surface area contributed by atoms with E-state index in [0.717, 1.165) is 41.0 Å². The molecule has 0 radical (unpaired) electrons. The van der Waals surface area contributed by atoms with E-state index >= 15 is 0 Å². The lowest BCUT2D eigenvalue weighted by atomic mass is 9.85. The summed E-state index contributed by atoms with van der Waals surface area (Å²) in [6.45, 7) is 9.20. The van der Waals surface area contributed by atoms with Crippen LogP contribution in [0.4, 0.5) is 0 Å². The molecule has 0 bridgehead atoms. The van der Waals surface area contributed by atoms with Crippen LogP contribution in [0.1, 0.15) is 72.2 Å². The number of hydrogen-bond donors (Lipinski definition) is 1. The van der Waals surface area contributed by atoms with Gasteiger partial charge in [-0.25, -0.2) is 14.6 Å². The Hall–Kier alpha value is -3.51. The van der Waals surface area contributed by atoms with E-state index in [9.17, 15) is 5.11 Å². The number of imidazole rings is 1. The zero-order chi connectivity index (χ0) is 23.9. The summed E-state index contributed by atoms with van der Waals surface area (Å²) < 4.78 is 3.90. The Morgan fingerprint density at radius 1 is 1.06 bits per heavy atom. The van der Waals surface area contributed by atoms with Crippen LogP contribution in [0.5, 0.6) is 0 Å². The van der Waals surface area contributed by atoms with Gasteiger partial charge in [0.2, 0.25) is 0 Å². The highest BCUT2D eigenvalue weighted by Crippen LogP contribution is 2.37. The maximum Gasteiger partial charge on any atom is 0.174 e. The maximum atomic E-state index is 11.6. The van der Waals surface area contributed by atoms with Crippen molar-refractivity contribution in [3.63, 3.8) is 0 Å². The first-order valence-electron chi connectivity index (χ1n) is 11.9. The van der Waals surface area contributed by atoms with E-state index in [1.165, 1.54) is 5.56 Å². The normalized spacial score (nSPS) is 18.1. The molecule has 1 N–H and O–H groups in total. The van der Waals surface area contributed by atoms with Crippen molar-refractivity contribution in [2.45, 2.75) is 58.6 Å². The van der Waals surface area contributed by atoms with Crippen LogP contribution in [-0.2, 0) is 12.1 Å². The molecule has 0 aliphatic carbocycles. The van der Waals surface area contributed by atoms with E-state index < -0.39 is 5.60 Å². The van der Waals surface area contributed by atoms with Crippen LogP contribution in [0.2, 0.25) is 0 Å². The number of aliphatic hydroxyl groups is 1. The van der Waals surface area contributed by atoms with Gasteiger partial charge in [-0.15, -0.1) is 0 Å². The van der Waals surface area contributed by atoms with Crippen LogP contribution in [0, 0.1) is 13.8 Å². The van der Waals surface area contributed by atoms with Crippen LogP contribution in [0.25, 0.3) is 17.8 Å². The Morgan fingerprint density at radius 2 is 1.85 bits per heavy atom. The van der Waals surface area contributed by atoms with Crippen molar-refractivity contribution < 1.29 is 5.11 Å². The number of aryl methyl sites for hydroxylation is 3. The van der Waals surface area contributed by atoms with Gasteiger partial charge in [0.25, 0.3) is 0 Å². The summed E-state index contributed by atoms with van der Waals surface area (Å²) in [6.07, 6.45) is 9.30. The lowest BCUT2D eigenvalue weighted by molar-refractivity contribution is 0.0395. The SMILES string of the molecule is Cc1cn(-c2ccc(/C=C/c3nc4n(n3)CCC[C@]4(O)c3ccc(C(C)C)cc3)cc2C)cn1. The average Bonchev–Trinajstić information content (AvgIpc) is 3.45. The highest BCUT2D eigenvalue weighted by atomic mass is 16.3. The second-order valence-corrected chi connectivity index (χ2v) is 9.56. The molecule has 1 atom stereocenters. The molecule has 0 amide bonds. The number of aromatic nitrogens is 5. The Kier molecular flexibility index (Phi) is 5.70. The first-order chi connectivity index (χ1) is 16.3. The zero-order valence-corrected chi connectivity index (χ0v) is 20.2. The van der Waals surface area contributed by atoms with Crippen LogP contribution >= 0.6 is 0 Å². The van der Waals surface area contributed by atoms with Crippen molar-refractivity contribution in [3.05, 3.63) is 94.6 Å². The fourth-order valence-electron chi connectivity index (χ4n) is 4.70. The average molecular weight is 454 g/mol. The molecule has 6 heteroatoms. The first kappa shape index (κ1) is 22.3. The topological polar surface area (TPSA) is 68.8 Å². The van der Waals surface area contributed by atoms with E-state index in [1.807, 2.05) is 53.0 Å². The molecule has 0 saturated heterocycles. The largest absolute Gasteiger partial charge is 0.377 e. The van der Waals surface area contributed by atoms with Gasteiger partial charge in [-0.3, -0.25) is 0 Å². The summed E-state index contributed by atoms with van der Waals surface area (Å²) in [4.78, 5) is 9.07. The van der Waals surface area contributed by atoms with Crippen molar-refractivity contribution in [3.8, 4) is 5.69 Å². The Bertz CT molecular complexity index is 1350. The van der Waals surface area contributed by atoms with Crippen LogP contribution in [0.15, 0.2) is 55.0 Å². The number of benzene rings is 2. The molecule has 1 aliphatic heterocycles. The fraction of sp³-hybridized carbons (Fsp3) is 0.321.